The molecular weight excluding hydrogens is 362 g/mol. The van der Waals surface area contributed by atoms with E-state index in [1.54, 1.807) is 24.3 Å². The van der Waals surface area contributed by atoms with Crippen LogP contribution in [-0.4, -0.2) is 17.7 Å². The highest BCUT2D eigenvalue weighted by atomic mass is 35.5. The van der Waals surface area contributed by atoms with Gasteiger partial charge in [-0.25, -0.2) is 0 Å². The molecule has 5 heteroatoms. The van der Waals surface area contributed by atoms with Crippen molar-refractivity contribution in [1.29, 1.82) is 0 Å². The van der Waals surface area contributed by atoms with Gasteiger partial charge in [-0.1, -0.05) is 29.8 Å². The fraction of sp³-hybridized carbons (Fsp3) is 0.318. The van der Waals surface area contributed by atoms with Gasteiger partial charge in [0.25, 0.3) is 0 Å². The predicted octanol–water partition coefficient (Wildman–Crippen LogP) is 3.78. The third-order valence-corrected chi connectivity index (χ3v) is 6.00. The van der Waals surface area contributed by atoms with E-state index in [2.05, 4.69) is 6.92 Å². The van der Waals surface area contributed by atoms with Crippen LogP contribution in [0.3, 0.4) is 0 Å². The number of likely N-dealkylation sites (tertiary alicyclic amines) is 1. The first-order valence-corrected chi connectivity index (χ1v) is 9.80. The van der Waals surface area contributed by atoms with Gasteiger partial charge in [0, 0.05) is 10.6 Å². The van der Waals surface area contributed by atoms with E-state index < -0.39 is 0 Å². The molecule has 1 aliphatic heterocycles. The highest BCUT2D eigenvalue weighted by Gasteiger charge is 2.25. The Bertz CT molecular complexity index is 1040. The molecule has 4 nitrogen and oxygen atoms in total. The average molecular weight is 385 g/mol. The lowest BCUT2D eigenvalue weighted by molar-refractivity contribution is -0.941. The molecule has 1 unspecified atom stereocenters. The maximum absolute atomic E-state index is 13.1. The number of hydrogen-bond donors (Lipinski definition) is 2. The van der Waals surface area contributed by atoms with Crippen LogP contribution in [0, 0.1) is 0 Å². The molecular formula is C22H23ClNO3+. The Morgan fingerprint density at radius 1 is 1.19 bits per heavy atom. The van der Waals surface area contributed by atoms with Crippen LogP contribution in [0.4, 0.5) is 0 Å². The van der Waals surface area contributed by atoms with E-state index >= 15 is 0 Å². The Hall–Kier alpha value is -2.30. The van der Waals surface area contributed by atoms with Crippen molar-refractivity contribution in [3.8, 4) is 16.9 Å². The van der Waals surface area contributed by atoms with Crippen LogP contribution < -0.4 is 10.3 Å². The molecule has 1 aromatic heterocycles. The highest BCUT2D eigenvalue weighted by molar-refractivity contribution is 6.33. The van der Waals surface area contributed by atoms with Gasteiger partial charge in [0.05, 0.1) is 29.1 Å². The van der Waals surface area contributed by atoms with Crippen LogP contribution >= 0.6 is 11.6 Å². The molecule has 0 amide bonds. The lowest BCUT2D eigenvalue weighted by Gasteiger charge is -2.30. The Kier molecular flexibility index (Phi) is 4.94. The zero-order valence-corrected chi connectivity index (χ0v) is 16.1. The molecule has 0 saturated carbocycles. The Labute approximate surface area is 163 Å². The van der Waals surface area contributed by atoms with Crippen molar-refractivity contribution in [2.45, 2.75) is 38.8 Å². The van der Waals surface area contributed by atoms with Gasteiger partial charge in [-0.15, -0.1) is 0 Å². The number of benzene rings is 2. The van der Waals surface area contributed by atoms with Crippen molar-refractivity contribution in [3.05, 3.63) is 63.5 Å². The molecule has 0 spiro atoms. The lowest BCUT2D eigenvalue weighted by atomic mass is 10.0. The molecule has 1 fully saturated rings. The largest absolute Gasteiger partial charge is 0.507 e. The number of quaternary nitrogens is 1. The minimum absolute atomic E-state index is 0.132. The van der Waals surface area contributed by atoms with Gasteiger partial charge < -0.3 is 14.4 Å². The van der Waals surface area contributed by atoms with Crippen LogP contribution in [0.15, 0.2) is 51.9 Å². The molecule has 2 heterocycles. The maximum Gasteiger partial charge on any atom is 0.200 e. The first kappa shape index (κ1) is 18.1. The average Bonchev–Trinajstić information content (AvgIpc) is 2.67. The molecule has 140 valence electrons. The summed E-state index contributed by atoms with van der Waals surface area (Å²) < 4.78 is 5.89. The summed E-state index contributed by atoms with van der Waals surface area (Å²) in [5.41, 5.74) is 2.13. The van der Waals surface area contributed by atoms with Crippen molar-refractivity contribution in [1.82, 2.24) is 0 Å². The second-order valence-corrected chi connectivity index (χ2v) is 7.79. The number of piperidine rings is 1. The molecule has 0 bridgehead atoms. The summed E-state index contributed by atoms with van der Waals surface area (Å²) in [6.45, 7) is 3.96. The summed E-state index contributed by atoms with van der Waals surface area (Å²) in [6, 6.07) is 11.0. The van der Waals surface area contributed by atoms with Gasteiger partial charge in [0.15, 0.2) is 0 Å². The predicted molar refractivity (Wildman–Crippen MR) is 107 cm³/mol. The number of aromatic hydroxyl groups is 1. The van der Waals surface area contributed by atoms with Crippen LogP contribution in [0.25, 0.3) is 22.1 Å². The molecule has 4 rings (SSSR count). The summed E-state index contributed by atoms with van der Waals surface area (Å²) >= 11 is 6.26. The Morgan fingerprint density at radius 2 is 2.00 bits per heavy atom. The van der Waals surface area contributed by atoms with Crippen molar-refractivity contribution >= 4 is 22.6 Å². The van der Waals surface area contributed by atoms with Gasteiger partial charge >= 0.3 is 0 Å². The fourth-order valence-electron chi connectivity index (χ4n) is 4.03. The van der Waals surface area contributed by atoms with E-state index in [0.717, 1.165) is 6.54 Å². The van der Waals surface area contributed by atoms with Crippen LogP contribution in [0.2, 0.25) is 5.02 Å². The lowest BCUT2D eigenvalue weighted by Crippen LogP contribution is -3.14. The quantitative estimate of drug-likeness (QED) is 0.722. The highest BCUT2D eigenvalue weighted by Crippen LogP contribution is 2.30. The molecule has 0 radical (unpaired) electrons. The zero-order chi connectivity index (χ0) is 19.0. The van der Waals surface area contributed by atoms with Gasteiger partial charge in [0.2, 0.25) is 5.43 Å². The molecule has 1 saturated heterocycles. The number of nitrogens with one attached hydrogen (secondary N) is 1. The van der Waals surface area contributed by atoms with Crippen molar-refractivity contribution in [2.75, 3.05) is 6.54 Å². The van der Waals surface area contributed by atoms with Crippen LogP contribution in [0.5, 0.6) is 5.75 Å². The summed E-state index contributed by atoms with van der Waals surface area (Å²) in [6.07, 6.45) is 5.08. The van der Waals surface area contributed by atoms with Crippen LogP contribution in [-0.2, 0) is 6.54 Å². The minimum Gasteiger partial charge on any atom is -0.507 e. The summed E-state index contributed by atoms with van der Waals surface area (Å²) in [7, 11) is 0. The Morgan fingerprint density at radius 3 is 2.78 bits per heavy atom. The standard InChI is InChI=1S/C22H22ClNO3/c1-14-6-4-5-11-24(14)12-17-20(25)10-9-16-21(26)18(13-27-22(16)17)15-7-2-3-8-19(15)23/h2-3,7-10,13-14,25H,4-6,11-12H2,1H3/p+1/t14-/m1/s1. The van der Waals surface area contributed by atoms with Gasteiger partial charge in [0.1, 0.15) is 24.1 Å². The van der Waals surface area contributed by atoms with Crippen molar-refractivity contribution < 1.29 is 14.4 Å². The van der Waals surface area contributed by atoms with E-state index in [4.69, 9.17) is 16.0 Å². The van der Waals surface area contributed by atoms with E-state index in [-0.39, 0.29) is 11.2 Å². The summed E-state index contributed by atoms with van der Waals surface area (Å²) in [5, 5.41) is 11.4. The number of fused-ring (bicyclic) bond motifs is 1. The molecule has 2 N–H and O–H groups in total. The number of phenols is 1. The van der Waals surface area contributed by atoms with Gasteiger partial charge in [-0.05, 0) is 44.4 Å². The maximum atomic E-state index is 13.1. The first-order chi connectivity index (χ1) is 13.1. The smallest absolute Gasteiger partial charge is 0.200 e. The fourth-order valence-corrected chi connectivity index (χ4v) is 4.26. The third-order valence-electron chi connectivity index (χ3n) is 5.67. The second kappa shape index (κ2) is 7.37. The molecule has 2 atom stereocenters. The van der Waals surface area contributed by atoms with Crippen molar-refractivity contribution in [3.63, 3.8) is 0 Å². The SMILES string of the molecule is C[C@@H]1CCCC[NH+]1Cc1c(O)ccc2c(=O)c(-c3ccccc3Cl)coc12. The monoisotopic (exact) mass is 384 g/mol. The van der Waals surface area contributed by atoms with Crippen LogP contribution in [0.1, 0.15) is 31.7 Å². The molecule has 1 aliphatic rings. The summed E-state index contributed by atoms with van der Waals surface area (Å²) in [4.78, 5) is 14.5. The van der Waals surface area contributed by atoms with E-state index in [0.29, 0.717) is 45.3 Å². The van der Waals surface area contributed by atoms with Gasteiger partial charge in [-0.2, -0.15) is 0 Å². The molecule has 2 aromatic carbocycles. The van der Waals surface area contributed by atoms with Gasteiger partial charge in [-0.3, -0.25) is 4.79 Å². The number of phenolic OH excluding ortho intramolecular Hbond substituents is 1. The number of hydrogen-bond acceptors (Lipinski definition) is 3. The molecule has 3 aromatic rings. The third kappa shape index (κ3) is 3.35. The topological polar surface area (TPSA) is 54.9 Å². The number of halogens is 1. The minimum atomic E-state index is -0.132. The molecule has 0 aliphatic carbocycles. The number of rotatable bonds is 3. The summed E-state index contributed by atoms with van der Waals surface area (Å²) in [5.74, 6) is 0.182. The molecule has 27 heavy (non-hydrogen) atoms. The van der Waals surface area contributed by atoms with Crippen molar-refractivity contribution in [2.24, 2.45) is 0 Å². The van der Waals surface area contributed by atoms with E-state index in [1.165, 1.54) is 30.4 Å². The Balaban J connectivity index is 1.82. The normalized spacial score (nSPS) is 20.1. The second-order valence-electron chi connectivity index (χ2n) is 7.38. The first-order valence-electron chi connectivity index (χ1n) is 9.42. The van der Waals surface area contributed by atoms with E-state index in [9.17, 15) is 9.90 Å². The van der Waals surface area contributed by atoms with E-state index in [1.807, 2.05) is 12.1 Å². The zero-order valence-electron chi connectivity index (χ0n) is 15.3.